The number of aliphatic carboxylic acids is 1. The fourth-order valence-corrected chi connectivity index (χ4v) is 3.07. The number of hydrogen-bond donors (Lipinski definition) is 2. The van der Waals surface area contributed by atoms with Gasteiger partial charge in [-0.2, -0.15) is 5.10 Å². The van der Waals surface area contributed by atoms with Gasteiger partial charge in [0.05, 0.1) is 27.8 Å². The third kappa shape index (κ3) is 3.74. The lowest BCUT2D eigenvalue weighted by atomic mass is 9.89. The molecule has 0 bridgehead atoms. The Kier molecular flexibility index (Phi) is 5.18. The molecule has 1 amide bonds. The van der Waals surface area contributed by atoms with Gasteiger partial charge < -0.3 is 10.4 Å². The van der Waals surface area contributed by atoms with Gasteiger partial charge in [-0.3, -0.25) is 14.3 Å². The molecule has 0 fully saturated rings. The highest BCUT2D eigenvalue weighted by atomic mass is 16.4. The highest BCUT2D eigenvalue weighted by molar-refractivity contribution is 6.07. The molecule has 7 heteroatoms. The number of nitrogens with one attached hydrogen (secondary N) is 1. The molecule has 2 heterocycles. The summed E-state index contributed by atoms with van der Waals surface area (Å²) in [7, 11) is 1.80. The van der Waals surface area contributed by atoms with Gasteiger partial charge in [0.2, 0.25) is 0 Å². The van der Waals surface area contributed by atoms with Crippen LogP contribution in [0.25, 0.3) is 22.3 Å². The van der Waals surface area contributed by atoms with Crippen LogP contribution in [0.3, 0.4) is 0 Å². The Morgan fingerprint density at radius 1 is 1.21 bits per heavy atom. The molecule has 2 N–H and O–H groups in total. The van der Waals surface area contributed by atoms with E-state index in [0.29, 0.717) is 28.7 Å². The van der Waals surface area contributed by atoms with E-state index in [1.165, 1.54) is 0 Å². The zero-order valence-electron chi connectivity index (χ0n) is 16.5. The Labute approximate surface area is 163 Å². The molecular weight excluding hydrogens is 356 g/mol. The first-order valence-electron chi connectivity index (χ1n) is 9.12. The number of benzene rings is 1. The van der Waals surface area contributed by atoms with Crippen molar-refractivity contribution in [2.24, 2.45) is 12.5 Å². The van der Waals surface area contributed by atoms with E-state index in [1.807, 2.05) is 37.3 Å². The predicted molar refractivity (Wildman–Crippen MR) is 107 cm³/mol. The molecule has 0 aliphatic rings. The number of rotatable bonds is 6. The van der Waals surface area contributed by atoms with Crippen LogP contribution in [0.5, 0.6) is 0 Å². The Morgan fingerprint density at radius 3 is 2.54 bits per heavy atom. The van der Waals surface area contributed by atoms with E-state index >= 15 is 0 Å². The summed E-state index contributed by atoms with van der Waals surface area (Å²) in [5.41, 5.74) is 2.54. The Bertz CT molecular complexity index is 1040. The zero-order chi connectivity index (χ0) is 20.5. The molecule has 2 aromatic heterocycles. The first-order valence-corrected chi connectivity index (χ1v) is 9.12. The van der Waals surface area contributed by atoms with Crippen molar-refractivity contribution >= 4 is 22.9 Å². The molecule has 3 rings (SSSR count). The number of hydrogen-bond acceptors (Lipinski definition) is 4. The minimum Gasteiger partial charge on any atom is -0.481 e. The molecule has 0 saturated carbocycles. The summed E-state index contributed by atoms with van der Waals surface area (Å²) < 4.78 is 1.67. The summed E-state index contributed by atoms with van der Waals surface area (Å²) in [6.45, 7) is 5.40. The lowest BCUT2D eigenvalue weighted by Crippen LogP contribution is -2.32. The standard InChI is InChI=1S/C21H24N4O3/c1-13-17-15(19(26)22-11-10-21(2,3)20(27)28)12-16(14-8-6-5-7-9-14)23-18(17)25(4)24-13/h5-9,12H,10-11H2,1-4H3,(H,22,26)(H,27,28). The Hall–Kier alpha value is -3.22. The van der Waals surface area contributed by atoms with Crippen LogP contribution in [0.4, 0.5) is 0 Å². The van der Waals surface area contributed by atoms with Gasteiger partial charge in [-0.1, -0.05) is 30.3 Å². The van der Waals surface area contributed by atoms with Crippen molar-refractivity contribution in [3.63, 3.8) is 0 Å². The van der Waals surface area contributed by atoms with E-state index in [2.05, 4.69) is 10.4 Å². The molecule has 0 radical (unpaired) electrons. The number of aryl methyl sites for hydroxylation is 2. The predicted octanol–water partition coefficient (Wildman–Crippen LogP) is 3.17. The van der Waals surface area contributed by atoms with E-state index < -0.39 is 11.4 Å². The second-order valence-corrected chi connectivity index (χ2v) is 7.52. The van der Waals surface area contributed by atoms with E-state index in [9.17, 15) is 14.7 Å². The first-order chi connectivity index (χ1) is 13.2. The van der Waals surface area contributed by atoms with Crippen molar-refractivity contribution < 1.29 is 14.7 Å². The van der Waals surface area contributed by atoms with E-state index in [4.69, 9.17) is 4.98 Å². The molecule has 0 atom stereocenters. The minimum absolute atomic E-state index is 0.262. The van der Waals surface area contributed by atoms with Crippen LogP contribution in [0.15, 0.2) is 36.4 Å². The van der Waals surface area contributed by atoms with Gasteiger partial charge in [0.15, 0.2) is 5.65 Å². The van der Waals surface area contributed by atoms with E-state index in [1.54, 1.807) is 31.6 Å². The molecule has 0 aliphatic heterocycles. The summed E-state index contributed by atoms with van der Waals surface area (Å²) in [4.78, 5) is 28.9. The molecule has 1 aromatic carbocycles. The van der Waals surface area contributed by atoms with Crippen LogP contribution < -0.4 is 5.32 Å². The number of carbonyl (C=O) groups is 2. The van der Waals surface area contributed by atoms with Crippen LogP contribution >= 0.6 is 0 Å². The number of fused-ring (bicyclic) bond motifs is 1. The van der Waals surface area contributed by atoms with Crippen molar-refractivity contribution in [3.8, 4) is 11.3 Å². The fraction of sp³-hybridized carbons (Fsp3) is 0.333. The summed E-state index contributed by atoms with van der Waals surface area (Å²) in [6, 6.07) is 11.4. The van der Waals surface area contributed by atoms with Gasteiger partial charge in [-0.15, -0.1) is 0 Å². The number of carbonyl (C=O) groups excluding carboxylic acids is 1. The maximum atomic E-state index is 12.9. The molecule has 0 spiro atoms. The maximum absolute atomic E-state index is 12.9. The molecule has 146 valence electrons. The lowest BCUT2D eigenvalue weighted by Gasteiger charge is -2.19. The summed E-state index contributed by atoms with van der Waals surface area (Å²) in [6.07, 6.45) is 0.333. The number of amides is 1. The number of aromatic nitrogens is 3. The fourth-order valence-electron chi connectivity index (χ4n) is 3.07. The molecular formula is C21H24N4O3. The average Bonchev–Trinajstić information content (AvgIpc) is 2.95. The van der Waals surface area contributed by atoms with Crippen LogP contribution in [0.2, 0.25) is 0 Å². The Morgan fingerprint density at radius 2 is 1.89 bits per heavy atom. The van der Waals surface area contributed by atoms with Crippen LogP contribution in [-0.4, -0.2) is 38.3 Å². The number of pyridine rings is 1. The van der Waals surface area contributed by atoms with E-state index in [0.717, 1.165) is 11.3 Å². The van der Waals surface area contributed by atoms with Gasteiger partial charge in [0, 0.05) is 19.2 Å². The van der Waals surface area contributed by atoms with Crippen molar-refractivity contribution in [3.05, 3.63) is 47.7 Å². The minimum atomic E-state index is -0.903. The number of carboxylic acids is 1. The molecule has 0 aliphatic carbocycles. The molecule has 28 heavy (non-hydrogen) atoms. The highest BCUT2D eigenvalue weighted by Gasteiger charge is 2.27. The van der Waals surface area contributed by atoms with Crippen molar-refractivity contribution in [2.45, 2.75) is 27.2 Å². The van der Waals surface area contributed by atoms with Crippen molar-refractivity contribution in [1.29, 1.82) is 0 Å². The molecule has 7 nitrogen and oxygen atoms in total. The third-order valence-electron chi connectivity index (χ3n) is 4.90. The molecule has 0 unspecified atom stereocenters. The topological polar surface area (TPSA) is 97.1 Å². The SMILES string of the molecule is Cc1nn(C)c2nc(-c3ccccc3)cc(C(=O)NCCC(C)(C)C(=O)O)c12. The van der Waals surface area contributed by atoms with Gasteiger partial charge >= 0.3 is 5.97 Å². The quantitative estimate of drug-likeness (QED) is 0.685. The van der Waals surface area contributed by atoms with Gasteiger partial charge in [0.25, 0.3) is 5.91 Å². The normalized spacial score (nSPS) is 11.6. The maximum Gasteiger partial charge on any atom is 0.309 e. The van der Waals surface area contributed by atoms with Gasteiger partial charge in [-0.25, -0.2) is 4.98 Å². The third-order valence-corrected chi connectivity index (χ3v) is 4.90. The summed E-state index contributed by atoms with van der Waals surface area (Å²) >= 11 is 0. The average molecular weight is 380 g/mol. The Balaban J connectivity index is 1.97. The molecule has 3 aromatic rings. The van der Waals surface area contributed by atoms with Crippen LogP contribution in [0.1, 0.15) is 36.3 Å². The first kappa shape index (κ1) is 19.5. The highest BCUT2D eigenvalue weighted by Crippen LogP contribution is 2.27. The van der Waals surface area contributed by atoms with Gasteiger partial charge in [0.1, 0.15) is 0 Å². The number of nitrogens with zero attached hydrogens (tertiary/aromatic N) is 3. The number of carboxylic acid groups (broad SMARTS) is 1. The summed E-state index contributed by atoms with van der Waals surface area (Å²) in [5, 5.41) is 17.2. The molecule has 0 saturated heterocycles. The second-order valence-electron chi connectivity index (χ2n) is 7.52. The van der Waals surface area contributed by atoms with E-state index in [-0.39, 0.29) is 12.5 Å². The summed E-state index contributed by atoms with van der Waals surface area (Å²) in [5.74, 6) is -1.15. The van der Waals surface area contributed by atoms with Crippen LogP contribution in [-0.2, 0) is 11.8 Å². The van der Waals surface area contributed by atoms with Crippen molar-refractivity contribution in [1.82, 2.24) is 20.1 Å². The monoisotopic (exact) mass is 380 g/mol. The zero-order valence-corrected chi connectivity index (χ0v) is 16.5. The smallest absolute Gasteiger partial charge is 0.309 e. The van der Waals surface area contributed by atoms with Gasteiger partial charge in [-0.05, 0) is 33.3 Å². The largest absolute Gasteiger partial charge is 0.481 e. The second kappa shape index (κ2) is 7.42. The van der Waals surface area contributed by atoms with Crippen LogP contribution in [0, 0.1) is 12.3 Å². The lowest BCUT2D eigenvalue weighted by molar-refractivity contribution is -0.147. The van der Waals surface area contributed by atoms with Crippen molar-refractivity contribution in [2.75, 3.05) is 6.54 Å².